The van der Waals surface area contributed by atoms with Crippen LogP contribution < -0.4 is 10.1 Å². The SMILES string of the molecule is Cc1ccc([C@@H]2c3cc(OCc4nc(C(=O)NCc5cccc(F)c5)co4)ccc3CCN2C(=O)CC(C)C)cc1. The van der Waals surface area contributed by atoms with E-state index >= 15 is 0 Å². The van der Waals surface area contributed by atoms with Crippen LogP contribution in [0, 0.1) is 18.7 Å². The predicted molar refractivity (Wildman–Crippen MR) is 153 cm³/mol. The van der Waals surface area contributed by atoms with Crippen molar-refractivity contribution in [3.63, 3.8) is 0 Å². The van der Waals surface area contributed by atoms with Gasteiger partial charge in [-0.15, -0.1) is 0 Å². The van der Waals surface area contributed by atoms with Crippen LogP contribution >= 0.6 is 0 Å². The van der Waals surface area contributed by atoms with Gasteiger partial charge in [0.2, 0.25) is 11.8 Å². The Hall–Kier alpha value is -4.46. The van der Waals surface area contributed by atoms with E-state index in [1.54, 1.807) is 12.1 Å². The lowest BCUT2D eigenvalue weighted by Gasteiger charge is -2.38. The number of rotatable bonds is 9. The van der Waals surface area contributed by atoms with Crippen LogP contribution in [0.2, 0.25) is 0 Å². The van der Waals surface area contributed by atoms with Crippen molar-refractivity contribution in [3.05, 3.63) is 118 Å². The number of carbonyl (C=O) groups excluding carboxylic acids is 2. The summed E-state index contributed by atoms with van der Waals surface area (Å²) in [6, 6.07) is 20.1. The Balaban J connectivity index is 1.30. The van der Waals surface area contributed by atoms with E-state index in [9.17, 15) is 14.0 Å². The molecule has 1 aromatic heterocycles. The van der Waals surface area contributed by atoms with E-state index in [4.69, 9.17) is 9.15 Å². The molecule has 212 valence electrons. The maximum atomic E-state index is 13.4. The molecule has 41 heavy (non-hydrogen) atoms. The van der Waals surface area contributed by atoms with Crippen molar-refractivity contribution in [2.24, 2.45) is 5.92 Å². The number of carbonyl (C=O) groups is 2. The van der Waals surface area contributed by atoms with Crippen molar-refractivity contribution >= 4 is 11.8 Å². The van der Waals surface area contributed by atoms with Gasteiger partial charge in [0.25, 0.3) is 5.91 Å². The minimum absolute atomic E-state index is 0.0289. The number of hydrogen-bond donors (Lipinski definition) is 1. The largest absolute Gasteiger partial charge is 0.484 e. The number of nitrogens with zero attached hydrogens (tertiary/aromatic N) is 2. The molecule has 5 rings (SSSR count). The summed E-state index contributed by atoms with van der Waals surface area (Å²) in [4.78, 5) is 32.0. The predicted octanol–water partition coefficient (Wildman–Crippen LogP) is 6.15. The normalized spacial score (nSPS) is 14.6. The summed E-state index contributed by atoms with van der Waals surface area (Å²) in [5.41, 5.74) is 5.21. The molecular formula is C33H34FN3O4. The fourth-order valence-corrected chi connectivity index (χ4v) is 5.07. The number of ether oxygens (including phenoxy) is 1. The van der Waals surface area contributed by atoms with Crippen LogP contribution in [0.4, 0.5) is 4.39 Å². The number of aromatic nitrogens is 1. The number of aryl methyl sites for hydroxylation is 1. The summed E-state index contributed by atoms with van der Waals surface area (Å²) in [5, 5.41) is 2.71. The first kappa shape index (κ1) is 28.1. The highest BCUT2D eigenvalue weighted by molar-refractivity contribution is 5.91. The third-order valence-corrected chi connectivity index (χ3v) is 7.13. The summed E-state index contributed by atoms with van der Waals surface area (Å²) < 4.78 is 24.9. The Kier molecular flexibility index (Phi) is 8.47. The van der Waals surface area contributed by atoms with E-state index in [2.05, 4.69) is 54.5 Å². The summed E-state index contributed by atoms with van der Waals surface area (Å²) in [5.74, 6) is 0.499. The van der Waals surface area contributed by atoms with Crippen LogP contribution in [-0.4, -0.2) is 28.2 Å². The average molecular weight is 556 g/mol. The molecule has 0 bridgehead atoms. The molecule has 0 aliphatic carbocycles. The second-order valence-corrected chi connectivity index (χ2v) is 10.8. The second-order valence-electron chi connectivity index (χ2n) is 10.8. The molecule has 2 amide bonds. The third-order valence-electron chi connectivity index (χ3n) is 7.13. The maximum Gasteiger partial charge on any atom is 0.273 e. The Morgan fingerprint density at radius 1 is 1.12 bits per heavy atom. The zero-order valence-corrected chi connectivity index (χ0v) is 23.5. The molecule has 8 heteroatoms. The van der Waals surface area contributed by atoms with Crippen molar-refractivity contribution in [3.8, 4) is 5.75 Å². The van der Waals surface area contributed by atoms with E-state index in [1.807, 2.05) is 24.0 Å². The summed E-state index contributed by atoms with van der Waals surface area (Å²) in [7, 11) is 0. The lowest BCUT2D eigenvalue weighted by molar-refractivity contribution is -0.134. The van der Waals surface area contributed by atoms with Gasteiger partial charge in [-0.1, -0.05) is 61.9 Å². The summed E-state index contributed by atoms with van der Waals surface area (Å²) >= 11 is 0. The highest BCUT2D eigenvalue weighted by Gasteiger charge is 2.32. The topological polar surface area (TPSA) is 84.7 Å². The van der Waals surface area contributed by atoms with E-state index in [0.717, 1.165) is 23.1 Å². The van der Waals surface area contributed by atoms with Gasteiger partial charge in [-0.25, -0.2) is 9.37 Å². The average Bonchev–Trinajstić information content (AvgIpc) is 3.43. The number of oxazole rings is 1. The first-order valence-corrected chi connectivity index (χ1v) is 13.9. The zero-order chi connectivity index (χ0) is 28.9. The monoisotopic (exact) mass is 555 g/mol. The molecular weight excluding hydrogens is 521 g/mol. The molecule has 1 aliphatic rings. The Morgan fingerprint density at radius 2 is 1.93 bits per heavy atom. The van der Waals surface area contributed by atoms with Crippen LogP contribution in [0.25, 0.3) is 0 Å². The highest BCUT2D eigenvalue weighted by Crippen LogP contribution is 2.38. The van der Waals surface area contributed by atoms with E-state index in [1.165, 1.54) is 24.0 Å². The molecule has 1 aliphatic heterocycles. The zero-order valence-electron chi connectivity index (χ0n) is 23.5. The van der Waals surface area contributed by atoms with Crippen molar-refractivity contribution in [2.75, 3.05) is 6.54 Å². The first-order chi connectivity index (χ1) is 19.8. The Bertz CT molecular complexity index is 1530. The van der Waals surface area contributed by atoms with Crippen LogP contribution in [0.3, 0.4) is 0 Å². The quantitative estimate of drug-likeness (QED) is 0.268. The van der Waals surface area contributed by atoms with Gasteiger partial charge in [-0.05, 0) is 65.8 Å². The Morgan fingerprint density at radius 3 is 2.68 bits per heavy atom. The molecule has 1 N–H and O–H groups in total. The minimum atomic E-state index is -0.426. The lowest BCUT2D eigenvalue weighted by atomic mass is 9.87. The van der Waals surface area contributed by atoms with Gasteiger partial charge < -0.3 is 19.4 Å². The maximum absolute atomic E-state index is 13.4. The van der Waals surface area contributed by atoms with Crippen LogP contribution in [0.5, 0.6) is 5.75 Å². The molecule has 0 spiro atoms. The first-order valence-electron chi connectivity index (χ1n) is 13.9. The van der Waals surface area contributed by atoms with Gasteiger partial charge in [-0.2, -0.15) is 0 Å². The van der Waals surface area contributed by atoms with Crippen molar-refractivity contribution < 1.29 is 23.1 Å². The smallest absolute Gasteiger partial charge is 0.273 e. The number of nitrogens with one attached hydrogen (secondary N) is 1. The minimum Gasteiger partial charge on any atom is -0.484 e. The van der Waals surface area contributed by atoms with E-state index in [-0.39, 0.29) is 48.4 Å². The fourth-order valence-electron chi connectivity index (χ4n) is 5.07. The summed E-state index contributed by atoms with van der Waals surface area (Å²) in [6.45, 7) is 7.03. The molecule has 2 heterocycles. The summed E-state index contributed by atoms with van der Waals surface area (Å²) in [6.07, 6.45) is 2.55. The fraction of sp³-hybridized carbons (Fsp3) is 0.303. The van der Waals surface area contributed by atoms with Crippen molar-refractivity contribution in [1.82, 2.24) is 15.2 Å². The standard InChI is InChI=1S/C33H34FN3O4/c1-21(2)15-31(38)37-14-13-24-11-12-27(17-28(24)32(37)25-9-7-22(3)8-10-25)40-20-30-36-29(19-41-30)33(39)35-18-23-5-4-6-26(34)16-23/h4-12,16-17,19,21,32H,13-15,18,20H2,1-3H3,(H,35,39)/t32-/m1/s1. The van der Waals surface area contributed by atoms with Gasteiger partial charge >= 0.3 is 0 Å². The lowest BCUT2D eigenvalue weighted by Crippen LogP contribution is -2.41. The number of benzene rings is 3. The van der Waals surface area contributed by atoms with Gasteiger partial charge in [0, 0.05) is 19.5 Å². The van der Waals surface area contributed by atoms with Crippen LogP contribution in [-0.2, 0) is 24.4 Å². The van der Waals surface area contributed by atoms with Crippen LogP contribution in [0.15, 0.2) is 77.4 Å². The third kappa shape index (κ3) is 6.82. The molecule has 4 aromatic rings. The molecule has 7 nitrogen and oxygen atoms in total. The number of fused-ring (bicyclic) bond motifs is 1. The molecule has 0 radical (unpaired) electrons. The number of amides is 2. The molecule has 0 saturated heterocycles. The number of hydrogen-bond acceptors (Lipinski definition) is 5. The highest BCUT2D eigenvalue weighted by atomic mass is 19.1. The molecule has 3 aromatic carbocycles. The van der Waals surface area contributed by atoms with Crippen molar-refractivity contribution in [2.45, 2.75) is 52.8 Å². The second kappa shape index (κ2) is 12.4. The van der Waals surface area contributed by atoms with Crippen molar-refractivity contribution in [1.29, 1.82) is 0 Å². The van der Waals surface area contributed by atoms with Gasteiger partial charge in [0.1, 0.15) is 17.8 Å². The van der Waals surface area contributed by atoms with E-state index < -0.39 is 5.91 Å². The molecule has 0 unspecified atom stereocenters. The number of halogens is 1. The van der Waals surface area contributed by atoms with Gasteiger partial charge in [-0.3, -0.25) is 9.59 Å². The van der Waals surface area contributed by atoms with E-state index in [0.29, 0.717) is 24.3 Å². The van der Waals surface area contributed by atoms with Gasteiger partial charge in [0.05, 0.1) is 6.04 Å². The molecule has 0 fully saturated rings. The van der Waals surface area contributed by atoms with Crippen LogP contribution in [0.1, 0.15) is 70.5 Å². The Labute approximate surface area is 239 Å². The molecule has 1 atom stereocenters. The molecule has 0 saturated carbocycles. The van der Waals surface area contributed by atoms with Gasteiger partial charge in [0.15, 0.2) is 12.3 Å².